The maximum Gasteiger partial charge on any atom is 0.261 e. The molecule has 3 aromatic heterocycles. The minimum atomic E-state index is -0.242. The maximum absolute atomic E-state index is 13.8. The monoisotopic (exact) mass is 658 g/mol. The minimum absolute atomic E-state index is 0.0879. The van der Waals surface area contributed by atoms with Gasteiger partial charge in [-0.05, 0) is 71.8 Å². The highest BCUT2D eigenvalue weighted by atomic mass is 32.2. The van der Waals surface area contributed by atoms with Crippen molar-refractivity contribution in [3.63, 3.8) is 0 Å². The molecule has 0 radical (unpaired) electrons. The highest BCUT2D eigenvalue weighted by Crippen LogP contribution is 2.35. The van der Waals surface area contributed by atoms with Gasteiger partial charge in [-0.2, -0.15) is 5.10 Å². The second-order valence-corrected chi connectivity index (χ2v) is 12.7. The summed E-state index contributed by atoms with van der Waals surface area (Å²) in [6.45, 7) is 2.65. The van der Waals surface area contributed by atoms with Gasteiger partial charge in [0.05, 0.1) is 47.5 Å². The quantitative estimate of drug-likeness (QED) is 0.159. The van der Waals surface area contributed by atoms with Gasteiger partial charge in [0, 0.05) is 12.1 Å². The fourth-order valence-corrected chi connectivity index (χ4v) is 7.07. The number of aromatic nitrogens is 3. The Morgan fingerprint density at radius 3 is 2.42 bits per heavy atom. The molecule has 2 aromatic carbocycles. The Hall–Kier alpha value is -4.46. The molecule has 0 unspecified atom stereocenters. The number of carbonyl (C=O) groups excluding carboxylic acids is 2. The van der Waals surface area contributed by atoms with Crippen molar-refractivity contribution in [2.75, 3.05) is 19.5 Å². The van der Waals surface area contributed by atoms with E-state index in [0.29, 0.717) is 28.9 Å². The number of ether oxygens (including phenoxy) is 2. The van der Waals surface area contributed by atoms with E-state index in [1.807, 2.05) is 89.0 Å². The van der Waals surface area contributed by atoms with Gasteiger partial charge in [-0.15, -0.1) is 32.9 Å². The Bertz CT molecular complexity index is 1770. The summed E-state index contributed by atoms with van der Waals surface area (Å²) in [5.74, 6) is 1.78. The highest BCUT2D eigenvalue weighted by molar-refractivity contribution is 7.99. The Morgan fingerprint density at radius 1 is 0.978 bits per heavy atom. The molecule has 230 valence electrons. The van der Waals surface area contributed by atoms with Crippen LogP contribution in [0.5, 0.6) is 11.5 Å². The zero-order valence-corrected chi connectivity index (χ0v) is 27.0. The first-order valence-electron chi connectivity index (χ1n) is 14.2. The third-order valence-corrected chi connectivity index (χ3v) is 9.76. The average molecular weight is 659 g/mol. The smallest absolute Gasteiger partial charge is 0.261 e. The highest BCUT2D eigenvalue weighted by Gasteiger charge is 2.33. The van der Waals surface area contributed by atoms with Crippen LogP contribution in [0.1, 0.15) is 45.3 Å². The van der Waals surface area contributed by atoms with E-state index in [1.165, 1.54) is 23.1 Å². The van der Waals surface area contributed by atoms with E-state index in [9.17, 15) is 9.59 Å². The van der Waals surface area contributed by atoms with Crippen LogP contribution in [-0.4, -0.2) is 56.8 Å². The van der Waals surface area contributed by atoms with Crippen molar-refractivity contribution in [1.29, 1.82) is 0 Å². The summed E-state index contributed by atoms with van der Waals surface area (Å²) in [6, 6.07) is 22.7. The van der Waals surface area contributed by atoms with Gasteiger partial charge in [-0.25, -0.2) is 5.01 Å². The van der Waals surface area contributed by atoms with E-state index < -0.39 is 0 Å². The van der Waals surface area contributed by atoms with Crippen LogP contribution in [0.2, 0.25) is 0 Å². The van der Waals surface area contributed by atoms with Gasteiger partial charge in [0.15, 0.2) is 11.0 Å². The number of hydrazone groups is 1. The topological polar surface area (TPSA) is 111 Å². The number of nitrogens with zero attached hydrogens (tertiary/aromatic N) is 5. The Balaban J connectivity index is 1.24. The van der Waals surface area contributed by atoms with Gasteiger partial charge in [-0.3, -0.25) is 14.2 Å². The molecule has 0 spiro atoms. The Kier molecular flexibility index (Phi) is 9.58. The van der Waals surface area contributed by atoms with Crippen molar-refractivity contribution in [3.05, 3.63) is 105 Å². The molecule has 6 rings (SSSR count). The fourth-order valence-electron chi connectivity index (χ4n) is 4.89. The van der Waals surface area contributed by atoms with Crippen molar-refractivity contribution < 1.29 is 19.1 Å². The normalized spacial score (nSPS) is 14.3. The lowest BCUT2D eigenvalue weighted by molar-refractivity contribution is -0.130. The number of hydrogen-bond acceptors (Lipinski definition) is 10. The fraction of sp³-hybridized carbons (Fsp3) is 0.219. The van der Waals surface area contributed by atoms with Gasteiger partial charge < -0.3 is 14.8 Å². The molecule has 0 aliphatic carbocycles. The maximum atomic E-state index is 13.8. The summed E-state index contributed by atoms with van der Waals surface area (Å²) in [4.78, 5) is 28.1. The summed E-state index contributed by atoms with van der Waals surface area (Å²) >= 11 is 4.25. The minimum Gasteiger partial charge on any atom is -0.497 e. The van der Waals surface area contributed by atoms with Crippen LogP contribution in [0.15, 0.2) is 93.8 Å². The third kappa shape index (κ3) is 6.95. The first kappa shape index (κ1) is 30.6. The lowest BCUT2D eigenvalue weighted by Gasteiger charge is -2.22. The van der Waals surface area contributed by atoms with Crippen LogP contribution in [0.3, 0.4) is 0 Å². The molecule has 45 heavy (non-hydrogen) atoms. The number of methoxy groups -OCH3 is 1. The van der Waals surface area contributed by atoms with Gasteiger partial charge in [-0.1, -0.05) is 36.0 Å². The molecule has 0 bridgehead atoms. The van der Waals surface area contributed by atoms with Crippen LogP contribution in [-0.2, 0) is 11.3 Å². The van der Waals surface area contributed by atoms with Crippen LogP contribution >= 0.6 is 34.4 Å². The molecule has 2 amide bonds. The molecule has 0 fully saturated rings. The molecule has 5 aromatic rings. The number of rotatable bonds is 12. The predicted molar refractivity (Wildman–Crippen MR) is 177 cm³/mol. The first-order chi connectivity index (χ1) is 22.0. The van der Waals surface area contributed by atoms with E-state index in [0.717, 1.165) is 33.3 Å². The molecule has 1 aliphatic heterocycles. The van der Waals surface area contributed by atoms with Crippen LogP contribution < -0.4 is 14.8 Å². The van der Waals surface area contributed by atoms with Crippen LogP contribution in [0, 0.1) is 0 Å². The first-order valence-corrected chi connectivity index (χ1v) is 17.0. The average Bonchev–Trinajstić information content (AvgIpc) is 3.90. The number of thioether (sulfide) groups is 1. The molecule has 0 saturated heterocycles. The van der Waals surface area contributed by atoms with Crippen molar-refractivity contribution in [2.45, 2.75) is 31.1 Å². The summed E-state index contributed by atoms with van der Waals surface area (Å²) in [6.07, 6.45) is 0.611. The Labute approximate surface area is 272 Å². The number of thiophene rings is 2. The van der Waals surface area contributed by atoms with Crippen molar-refractivity contribution in [3.8, 4) is 17.2 Å². The molecule has 4 heterocycles. The standard InChI is InChI=1S/C32H30N6O4S3/c1-3-42-24-14-10-22(11-15-24)37-29(19-33-31(40)28-7-5-17-44-28)34-35-32(37)45-20-30(39)38-26(21-8-12-23(41-2)13-9-21)18-25(36-38)27-6-4-16-43-27/h4-17,26H,3,18-20H2,1-2H3,(H,33,40)/t26-/m1/s1. The molecular weight excluding hydrogens is 629 g/mol. The zero-order chi connectivity index (χ0) is 31.2. The van der Waals surface area contributed by atoms with E-state index in [2.05, 4.69) is 15.5 Å². The van der Waals surface area contributed by atoms with Crippen LogP contribution in [0.4, 0.5) is 0 Å². The molecule has 1 N–H and O–H groups in total. The zero-order valence-electron chi connectivity index (χ0n) is 24.6. The van der Waals surface area contributed by atoms with Crippen LogP contribution in [0.25, 0.3) is 5.69 Å². The van der Waals surface area contributed by atoms with E-state index in [-0.39, 0.29) is 30.2 Å². The SMILES string of the molecule is CCOc1ccc(-n2c(CNC(=O)c3cccs3)nnc2SCC(=O)N2N=C(c3cccs3)C[C@@H]2c2ccc(OC)cc2)cc1. The molecule has 13 heteroatoms. The third-order valence-electron chi connectivity index (χ3n) is 7.06. The Morgan fingerprint density at radius 2 is 1.73 bits per heavy atom. The van der Waals surface area contributed by atoms with E-state index in [4.69, 9.17) is 14.6 Å². The van der Waals surface area contributed by atoms with Gasteiger partial charge in [0.1, 0.15) is 11.5 Å². The molecule has 1 atom stereocenters. The van der Waals surface area contributed by atoms with Crippen molar-refractivity contribution in [1.82, 2.24) is 25.1 Å². The van der Waals surface area contributed by atoms with Gasteiger partial charge >= 0.3 is 0 Å². The molecule has 10 nitrogen and oxygen atoms in total. The number of amides is 2. The number of hydrogen-bond donors (Lipinski definition) is 1. The second-order valence-electron chi connectivity index (χ2n) is 9.87. The van der Waals surface area contributed by atoms with Crippen molar-refractivity contribution in [2.24, 2.45) is 5.10 Å². The summed E-state index contributed by atoms with van der Waals surface area (Å²) < 4.78 is 12.8. The number of carbonyl (C=O) groups is 2. The second kappa shape index (κ2) is 14.1. The number of nitrogens with one attached hydrogen (secondary N) is 1. The lowest BCUT2D eigenvalue weighted by atomic mass is 10.0. The van der Waals surface area contributed by atoms with E-state index in [1.54, 1.807) is 29.5 Å². The molecule has 0 saturated carbocycles. The largest absolute Gasteiger partial charge is 0.497 e. The molecular formula is C32H30N6O4S3. The summed E-state index contributed by atoms with van der Waals surface area (Å²) in [7, 11) is 1.63. The van der Waals surface area contributed by atoms with Gasteiger partial charge in [0.2, 0.25) is 0 Å². The molecule has 1 aliphatic rings. The summed E-state index contributed by atoms with van der Waals surface area (Å²) in [5, 5.41) is 22.5. The lowest BCUT2D eigenvalue weighted by Crippen LogP contribution is -2.28. The predicted octanol–water partition coefficient (Wildman–Crippen LogP) is 6.20. The summed E-state index contributed by atoms with van der Waals surface area (Å²) in [5.41, 5.74) is 2.64. The van der Waals surface area contributed by atoms with Crippen molar-refractivity contribution >= 4 is 52.0 Å². The number of benzene rings is 2. The van der Waals surface area contributed by atoms with Gasteiger partial charge in [0.25, 0.3) is 11.8 Å². The van der Waals surface area contributed by atoms with E-state index >= 15 is 0 Å².